The first-order valence-corrected chi connectivity index (χ1v) is 13.3. The summed E-state index contributed by atoms with van der Waals surface area (Å²) in [5.74, 6) is 0.739. The summed E-state index contributed by atoms with van der Waals surface area (Å²) in [6, 6.07) is 14.4. The summed E-state index contributed by atoms with van der Waals surface area (Å²) < 4.78 is 11.4. The van der Waals surface area contributed by atoms with Gasteiger partial charge in [0.2, 0.25) is 0 Å². The highest BCUT2D eigenvalue weighted by molar-refractivity contribution is 5.94. The molecule has 1 saturated heterocycles. The fourth-order valence-corrected chi connectivity index (χ4v) is 5.58. The summed E-state index contributed by atoms with van der Waals surface area (Å²) in [7, 11) is 0. The van der Waals surface area contributed by atoms with Crippen LogP contribution in [0.3, 0.4) is 0 Å². The minimum atomic E-state index is -0.221. The van der Waals surface area contributed by atoms with Crippen molar-refractivity contribution >= 4 is 5.91 Å². The standard InChI is InChI=1S/C29H38N2O4/c32-28-6-2-1-5-27(28)30-18-20-7-8-23-17-24(12-9-22(23)16-20)31-29(33)21-10-13-25(14-11-21)35-19-26-4-3-15-34-26/h7-8,10-11,13-14,16,24,26-28,30,32H,1-6,9,12,15,17-19H2,(H,31,33)/t24-,26-,27?,28?/m0/s1. The lowest BCUT2D eigenvalue weighted by Crippen LogP contribution is -2.41. The SMILES string of the molecule is O=C(N[C@H]1CCc2cc(CNC3CCCCC3O)ccc2C1)c1ccc(OC[C@@H]2CCCO2)cc1. The topological polar surface area (TPSA) is 79.8 Å². The van der Waals surface area contributed by atoms with Crippen molar-refractivity contribution in [2.24, 2.45) is 0 Å². The lowest BCUT2D eigenvalue weighted by molar-refractivity contribution is 0.0679. The molecule has 2 aromatic carbocycles. The van der Waals surface area contributed by atoms with Crippen LogP contribution >= 0.6 is 0 Å². The van der Waals surface area contributed by atoms with E-state index in [1.54, 1.807) is 0 Å². The number of hydrogen-bond acceptors (Lipinski definition) is 5. The molecule has 1 aliphatic heterocycles. The molecule has 2 fully saturated rings. The van der Waals surface area contributed by atoms with Crippen molar-refractivity contribution in [3.05, 3.63) is 64.7 Å². The van der Waals surface area contributed by atoms with Crippen LogP contribution in [0.15, 0.2) is 42.5 Å². The number of benzene rings is 2. The number of aliphatic hydroxyl groups is 1. The van der Waals surface area contributed by atoms with Crippen molar-refractivity contribution in [2.45, 2.75) is 88.6 Å². The van der Waals surface area contributed by atoms with E-state index in [4.69, 9.17) is 9.47 Å². The fraction of sp³-hybridized carbons (Fsp3) is 0.552. The first kappa shape index (κ1) is 24.3. The highest BCUT2D eigenvalue weighted by Gasteiger charge is 2.24. The van der Waals surface area contributed by atoms with E-state index in [9.17, 15) is 9.90 Å². The second-order valence-corrected chi connectivity index (χ2v) is 10.3. The molecule has 1 saturated carbocycles. The zero-order valence-electron chi connectivity index (χ0n) is 20.5. The maximum Gasteiger partial charge on any atom is 0.251 e. The molecule has 188 valence electrons. The number of carbonyl (C=O) groups excluding carboxylic acids is 1. The van der Waals surface area contributed by atoms with Crippen LogP contribution in [-0.2, 0) is 24.1 Å². The van der Waals surface area contributed by atoms with Gasteiger partial charge in [0, 0.05) is 30.8 Å². The van der Waals surface area contributed by atoms with Crippen molar-refractivity contribution in [1.82, 2.24) is 10.6 Å². The first-order chi connectivity index (χ1) is 17.1. The number of ether oxygens (including phenoxy) is 2. The Balaban J connectivity index is 1.10. The largest absolute Gasteiger partial charge is 0.491 e. The Morgan fingerprint density at radius 3 is 2.66 bits per heavy atom. The normalized spacial score (nSPS) is 26.2. The van der Waals surface area contributed by atoms with E-state index in [-0.39, 0.29) is 30.2 Å². The number of nitrogens with one attached hydrogen (secondary N) is 2. The van der Waals surface area contributed by atoms with Gasteiger partial charge < -0.3 is 25.2 Å². The average Bonchev–Trinajstić information content (AvgIpc) is 3.41. The van der Waals surface area contributed by atoms with E-state index in [0.717, 1.165) is 70.3 Å². The molecule has 35 heavy (non-hydrogen) atoms. The zero-order valence-corrected chi connectivity index (χ0v) is 20.5. The lowest BCUT2D eigenvalue weighted by Gasteiger charge is -2.29. The van der Waals surface area contributed by atoms with Gasteiger partial charge in [-0.05, 0) is 85.9 Å². The van der Waals surface area contributed by atoms with Crippen molar-refractivity contribution in [1.29, 1.82) is 0 Å². The Morgan fingerprint density at radius 2 is 1.86 bits per heavy atom. The molecule has 1 amide bonds. The number of aliphatic hydroxyl groups excluding tert-OH is 1. The maximum absolute atomic E-state index is 12.8. The van der Waals surface area contributed by atoms with Crippen LogP contribution in [0.5, 0.6) is 5.75 Å². The summed E-state index contributed by atoms with van der Waals surface area (Å²) in [4.78, 5) is 12.8. The van der Waals surface area contributed by atoms with Gasteiger partial charge in [0.1, 0.15) is 12.4 Å². The molecule has 0 aromatic heterocycles. The zero-order chi connectivity index (χ0) is 24.0. The van der Waals surface area contributed by atoms with Crippen molar-refractivity contribution in [3.8, 4) is 5.75 Å². The van der Waals surface area contributed by atoms with E-state index in [0.29, 0.717) is 12.2 Å². The smallest absolute Gasteiger partial charge is 0.251 e. The van der Waals surface area contributed by atoms with Crippen LogP contribution in [0.2, 0.25) is 0 Å². The van der Waals surface area contributed by atoms with Crippen molar-refractivity contribution < 1.29 is 19.4 Å². The predicted molar refractivity (Wildman–Crippen MR) is 136 cm³/mol. The quantitative estimate of drug-likeness (QED) is 0.536. The Labute approximate surface area is 208 Å². The summed E-state index contributed by atoms with van der Waals surface area (Å²) >= 11 is 0. The van der Waals surface area contributed by atoms with Gasteiger partial charge in [-0.25, -0.2) is 0 Å². The summed E-state index contributed by atoms with van der Waals surface area (Å²) in [6.45, 7) is 2.18. The Kier molecular flexibility index (Phi) is 8.02. The molecule has 2 aromatic rings. The van der Waals surface area contributed by atoms with Crippen LogP contribution in [0.4, 0.5) is 0 Å². The van der Waals surface area contributed by atoms with E-state index < -0.39 is 0 Å². The van der Waals surface area contributed by atoms with Gasteiger partial charge in [-0.3, -0.25) is 4.79 Å². The summed E-state index contributed by atoms with van der Waals surface area (Å²) in [5, 5.41) is 17.0. The monoisotopic (exact) mass is 478 g/mol. The maximum atomic E-state index is 12.8. The molecule has 3 aliphatic rings. The molecular formula is C29H38N2O4. The first-order valence-electron chi connectivity index (χ1n) is 13.3. The molecule has 4 atom stereocenters. The van der Waals surface area contributed by atoms with Crippen molar-refractivity contribution in [2.75, 3.05) is 13.2 Å². The van der Waals surface area contributed by atoms with Crippen LogP contribution in [0.25, 0.3) is 0 Å². The van der Waals surface area contributed by atoms with Gasteiger partial charge in [0.05, 0.1) is 12.2 Å². The van der Waals surface area contributed by atoms with Crippen LogP contribution in [-0.4, -0.2) is 48.5 Å². The minimum absolute atomic E-state index is 0.0315. The number of amides is 1. The lowest BCUT2D eigenvalue weighted by atomic mass is 9.87. The molecular weight excluding hydrogens is 440 g/mol. The number of hydrogen-bond donors (Lipinski definition) is 3. The molecule has 6 heteroatoms. The van der Waals surface area contributed by atoms with E-state index >= 15 is 0 Å². The van der Waals surface area contributed by atoms with E-state index in [1.807, 2.05) is 24.3 Å². The van der Waals surface area contributed by atoms with Gasteiger partial charge in [-0.15, -0.1) is 0 Å². The Morgan fingerprint density at radius 1 is 1.00 bits per heavy atom. The molecule has 0 spiro atoms. The number of carbonyl (C=O) groups is 1. The van der Waals surface area contributed by atoms with Gasteiger partial charge in [0.15, 0.2) is 0 Å². The number of rotatable bonds is 8. The fourth-order valence-electron chi connectivity index (χ4n) is 5.58. The van der Waals surface area contributed by atoms with Gasteiger partial charge in [0.25, 0.3) is 5.91 Å². The average molecular weight is 479 g/mol. The molecule has 1 heterocycles. The molecule has 0 bridgehead atoms. The van der Waals surface area contributed by atoms with Crippen LogP contribution in [0, 0.1) is 0 Å². The number of aryl methyl sites for hydroxylation is 1. The summed E-state index contributed by atoms with van der Waals surface area (Å²) in [5.41, 5.74) is 4.63. The van der Waals surface area contributed by atoms with Gasteiger partial charge in [-0.1, -0.05) is 31.0 Å². The second kappa shape index (κ2) is 11.5. The highest BCUT2D eigenvalue weighted by Crippen LogP contribution is 2.24. The molecule has 0 radical (unpaired) electrons. The third-order valence-corrected chi connectivity index (χ3v) is 7.71. The molecule has 2 unspecified atom stereocenters. The summed E-state index contributed by atoms with van der Waals surface area (Å²) in [6.07, 6.45) is 9.17. The van der Waals surface area contributed by atoms with E-state index in [1.165, 1.54) is 23.1 Å². The third kappa shape index (κ3) is 6.43. The molecule has 3 N–H and O–H groups in total. The van der Waals surface area contributed by atoms with E-state index in [2.05, 4.69) is 28.8 Å². The molecule has 2 aliphatic carbocycles. The third-order valence-electron chi connectivity index (χ3n) is 7.71. The van der Waals surface area contributed by atoms with Gasteiger partial charge in [-0.2, -0.15) is 0 Å². The minimum Gasteiger partial charge on any atom is -0.491 e. The predicted octanol–water partition coefficient (Wildman–Crippen LogP) is 3.92. The van der Waals surface area contributed by atoms with Crippen LogP contribution < -0.4 is 15.4 Å². The van der Waals surface area contributed by atoms with Crippen LogP contribution in [0.1, 0.15) is 72.0 Å². The van der Waals surface area contributed by atoms with Gasteiger partial charge >= 0.3 is 0 Å². The highest BCUT2D eigenvalue weighted by atomic mass is 16.5. The Bertz CT molecular complexity index is 987. The Hall–Kier alpha value is -2.41. The number of fused-ring (bicyclic) bond motifs is 1. The second-order valence-electron chi connectivity index (χ2n) is 10.3. The molecule has 5 rings (SSSR count). The van der Waals surface area contributed by atoms with Crippen molar-refractivity contribution in [3.63, 3.8) is 0 Å². The molecule has 6 nitrogen and oxygen atoms in total.